The van der Waals surface area contributed by atoms with E-state index in [1.54, 1.807) is 12.1 Å². The molecule has 1 aliphatic heterocycles. The van der Waals surface area contributed by atoms with E-state index in [9.17, 15) is 9.18 Å². The second-order valence-electron chi connectivity index (χ2n) is 6.14. The highest BCUT2D eigenvalue weighted by Gasteiger charge is 2.16. The Labute approximate surface area is 147 Å². The van der Waals surface area contributed by atoms with E-state index >= 15 is 0 Å². The molecule has 0 spiro atoms. The van der Waals surface area contributed by atoms with Crippen molar-refractivity contribution in [2.45, 2.75) is 31.8 Å². The molecule has 0 saturated carbocycles. The Morgan fingerprint density at radius 3 is 2.80 bits per heavy atom. The lowest BCUT2D eigenvalue weighted by Gasteiger charge is -2.11. The SMILES string of the molecule is O=C(CCc1cccc(Oc2ccc(F)cc2)c1)NCC1CCCO1. The van der Waals surface area contributed by atoms with E-state index in [1.807, 2.05) is 24.3 Å². The molecule has 2 aromatic rings. The molecule has 3 rings (SSSR count). The second-order valence-corrected chi connectivity index (χ2v) is 6.14. The lowest BCUT2D eigenvalue weighted by molar-refractivity contribution is -0.121. The van der Waals surface area contributed by atoms with Gasteiger partial charge in [-0.1, -0.05) is 12.1 Å². The number of amides is 1. The highest BCUT2D eigenvalue weighted by Crippen LogP contribution is 2.23. The zero-order valence-electron chi connectivity index (χ0n) is 14.0. The average Bonchev–Trinajstić information content (AvgIpc) is 3.14. The molecular weight excluding hydrogens is 321 g/mol. The van der Waals surface area contributed by atoms with Gasteiger partial charge in [-0.2, -0.15) is 0 Å². The van der Waals surface area contributed by atoms with Gasteiger partial charge in [0.15, 0.2) is 0 Å². The van der Waals surface area contributed by atoms with Crippen LogP contribution in [0.1, 0.15) is 24.8 Å². The fourth-order valence-corrected chi connectivity index (χ4v) is 2.78. The van der Waals surface area contributed by atoms with Crippen LogP contribution in [0, 0.1) is 5.82 Å². The van der Waals surface area contributed by atoms with Crippen molar-refractivity contribution in [3.63, 3.8) is 0 Å². The Bertz CT molecular complexity index is 696. The Kier molecular flexibility index (Phi) is 6.01. The predicted molar refractivity (Wildman–Crippen MR) is 93.2 cm³/mol. The highest BCUT2D eigenvalue weighted by molar-refractivity contribution is 5.76. The summed E-state index contributed by atoms with van der Waals surface area (Å²) in [6.07, 6.45) is 3.31. The van der Waals surface area contributed by atoms with Crippen molar-refractivity contribution in [2.75, 3.05) is 13.2 Å². The first kappa shape index (κ1) is 17.4. The monoisotopic (exact) mass is 343 g/mol. The van der Waals surface area contributed by atoms with Gasteiger partial charge in [-0.3, -0.25) is 4.79 Å². The van der Waals surface area contributed by atoms with Crippen LogP contribution in [0.2, 0.25) is 0 Å². The Morgan fingerprint density at radius 1 is 1.20 bits per heavy atom. The molecule has 0 aliphatic carbocycles. The molecule has 4 nitrogen and oxygen atoms in total. The summed E-state index contributed by atoms with van der Waals surface area (Å²) in [7, 11) is 0. The summed E-state index contributed by atoms with van der Waals surface area (Å²) in [6.45, 7) is 1.38. The maximum absolute atomic E-state index is 12.9. The molecule has 132 valence electrons. The smallest absolute Gasteiger partial charge is 0.220 e. The van der Waals surface area contributed by atoms with Crippen molar-refractivity contribution in [1.82, 2.24) is 5.32 Å². The summed E-state index contributed by atoms with van der Waals surface area (Å²) < 4.78 is 24.1. The number of benzene rings is 2. The molecule has 5 heteroatoms. The van der Waals surface area contributed by atoms with Gasteiger partial charge < -0.3 is 14.8 Å². The number of halogens is 1. The van der Waals surface area contributed by atoms with E-state index in [0.29, 0.717) is 30.9 Å². The van der Waals surface area contributed by atoms with E-state index in [1.165, 1.54) is 12.1 Å². The van der Waals surface area contributed by atoms with Crippen LogP contribution in [0.3, 0.4) is 0 Å². The third-order valence-electron chi connectivity index (χ3n) is 4.14. The topological polar surface area (TPSA) is 47.6 Å². The van der Waals surface area contributed by atoms with Crippen molar-refractivity contribution < 1.29 is 18.7 Å². The lowest BCUT2D eigenvalue weighted by Crippen LogP contribution is -2.31. The van der Waals surface area contributed by atoms with Crippen molar-refractivity contribution in [2.24, 2.45) is 0 Å². The third-order valence-corrected chi connectivity index (χ3v) is 4.14. The minimum atomic E-state index is -0.296. The van der Waals surface area contributed by atoms with Gasteiger partial charge in [-0.15, -0.1) is 0 Å². The minimum absolute atomic E-state index is 0.0281. The van der Waals surface area contributed by atoms with Crippen molar-refractivity contribution >= 4 is 5.91 Å². The number of aryl methyl sites for hydroxylation is 1. The number of carbonyl (C=O) groups excluding carboxylic acids is 1. The second kappa shape index (κ2) is 8.62. The van der Waals surface area contributed by atoms with Gasteiger partial charge in [0, 0.05) is 19.6 Å². The maximum atomic E-state index is 12.9. The average molecular weight is 343 g/mol. The largest absolute Gasteiger partial charge is 0.457 e. The van der Waals surface area contributed by atoms with E-state index in [2.05, 4.69) is 5.32 Å². The predicted octanol–water partition coefficient (Wildman–Crippen LogP) is 3.85. The van der Waals surface area contributed by atoms with Gasteiger partial charge in [-0.05, 0) is 61.2 Å². The van der Waals surface area contributed by atoms with Gasteiger partial charge in [-0.25, -0.2) is 4.39 Å². The zero-order valence-corrected chi connectivity index (χ0v) is 14.0. The number of carbonyl (C=O) groups is 1. The standard InChI is InChI=1S/C20H22FNO3/c21-16-7-9-17(10-8-16)25-18-4-1-3-15(13-18)6-11-20(23)22-14-19-5-2-12-24-19/h1,3-4,7-10,13,19H,2,5-6,11-12,14H2,(H,22,23). The van der Waals surface area contributed by atoms with Gasteiger partial charge in [0.25, 0.3) is 0 Å². The first-order valence-corrected chi connectivity index (χ1v) is 8.60. The zero-order chi connectivity index (χ0) is 17.5. The molecule has 1 N–H and O–H groups in total. The molecule has 1 atom stereocenters. The first-order chi connectivity index (χ1) is 12.2. The van der Waals surface area contributed by atoms with Gasteiger partial charge in [0.1, 0.15) is 17.3 Å². The molecule has 0 radical (unpaired) electrons. The van der Waals surface area contributed by atoms with Gasteiger partial charge in [0.2, 0.25) is 5.91 Å². The van der Waals surface area contributed by atoms with E-state index in [0.717, 1.165) is 25.0 Å². The van der Waals surface area contributed by atoms with E-state index in [-0.39, 0.29) is 17.8 Å². The van der Waals surface area contributed by atoms with Crippen LogP contribution < -0.4 is 10.1 Å². The van der Waals surface area contributed by atoms with Gasteiger partial charge >= 0.3 is 0 Å². The number of hydrogen-bond donors (Lipinski definition) is 1. The molecule has 0 bridgehead atoms. The summed E-state index contributed by atoms with van der Waals surface area (Å²) >= 11 is 0. The number of ether oxygens (including phenoxy) is 2. The summed E-state index contributed by atoms with van der Waals surface area (Å²) in [5.41, 5.74) is 1.02. The van der Waals surface area contributed by atoms with Crippen LogP contribution in [0.15, 0.2) is 48.5 Å². The number of nitrogens with one attached hydrogen (secondary N) is 1. The third kappa shape index (κ3) is 5.57. The molecule has 1 heterocycles. The molecule has 0 aromatic heterocycles. The van der Waals surface area contributed by atoms with E-state index < -0.39 is 0 Å². The molecule has 1 amide bonds. The minimum Gasteiger partial charge on any atom is -0.457 e. The number of hydrogen-bond acceptors (Lipinski definition) is 3. The number of rotatable bonds is 7. The maximum Gasteiger partial charge on any atom is 0.220 e. The van der Waals surface area contributed by atoms with Crippen molar-refractivity contribution in [1.29, 1.82) is 0 Å². The molecule has 1 aliphatic rings. The quantitative estimate of drug-likeness (QED) is 0.831. The molecular formula is C20H22FNO3. The summed E-state index contributed by atoms with van der Waals surface area (Å²) in [6, 6.07) is 13.5. The van der Waals surface area contributed by atoms with Gasteiger partial charge in [0.05, 0.1) is 6.10 Å². The van der Waals surface area contributed by atoms with Crippen LogP contribution in [-0.2, 0) is 16.0 Å². The normalized spacial score (nSPS) is 16.6. The van der Waals surface area contributed by atoms with Crippen LogP contribution in [0.4, 0.5) is 4.39 Å². The summed E-state index contributed by atoms with van der Waals surface area (Å²) in [5, 5.41) is 2.92. The van der Waals surface area contributed by atoms with Crippen LogP contribution in [-0.4, -0.2) is 25.2 Å². The fraction of sp³-hybridized carbons (Fsp3) is 0.350. The van der Waals surface area contributed by atoms with Crippen LogP contribution in [0.25, 0.3) is 0 Å². The Morgan fingerprint density at radius 2 is 2.04 bits per heavy atom. The first-order valence-electron chi connectivity index (χ1n) is 8.60. The molecule has 1 saturated heterocycles. The van der Waals surface area contributed by atoms with Crippen LogP contribution >= 0.6 is 0 Å². The van der Waals surface area contributed by atoms with Crippen LogP contribution in [0.5, 0.6) is 11.5 Å². The fourth-order valence-electron chi connectivity index (χ4n) is 2.78. The summed E-state index contributed by atoms with van der Waals surface area (Å²) in [4.78, 5) is 11.9. The molecule has 2 aromatic carbocycles. The van der Waals surface area contributed by atoms with Crippen molar-refractivity contribution in [3.8, 4) is 11.5 Å². The molecule has 1 fully saturated rings. The molecule has 25 heavy (non-hydrogen) atoms. The Balaban J connectivity index is 1.47. The summed E-state index contributed by atoms with van der Waals surface area (Å²) in [5.74, 6) is 0.979. The van der Waals surface area contributed by atoms with E-state index in [4.69, 9.17) is 9.47 Å². The Hall–Kier alpha value is -2.40. The highest BCUT2D eigenvalue weighted by atomic mass is 19.1. The molecule has 1 unspecified atom stereocenters. The lowest BCUT2D eigenvalue weighted by atomic mass is 10.1. The van der Waals surface area contributed by atoms with Crippen molar-refractivity contribution in [3.05, 3.63) is 59.9 Å².